The second kappa shape index (κ2) is 12.1. The topological polar surface area (TPSA) is 109 Å². The van der Waals surface area contributed by atoms with E-state index < -0.39 is 0 Å². The molecule has 2 aromatic carbocycles. The summed E-state index contributed by atoms with van der Waals surface area (Å²) in [7, 11) is 4.68. The van der Waals surface area contributed by atoms with Gasteiger partial charge in [0.2, 0.25) is 11.7 Å². The molecule has 4 aromatic rings. The molecule has 10 nitrogen and oxygen atoms in total. The first kappa shape index (κ1) is 25.8. The number of benzene rings is 2. The molecule has 10 heteroatoms. The third kappa shape index (κ3) is 5.92. The van der Waals surface area contributed by atoms with Crippen molar-refractivity contribution in [1.29, 1.82) is 0 Å². The van der Waals surface area contributed by atoms with Gasteiger partial charge in [-0.15, -0.1) is 0 Å². The average molecular weight is 506 g/mol. The third-order valence-electron chi connectivity index (χ3n) is 5.69. The predicted octanol–water partition coefficient (Wildman–Crippen LogP) is 4.35. The van der Waals surface area contributed by atoms with E-state index in [9.17, 15) is 4.79 Å². The number of rotatable bonds is 12. The molecule has 1 amide bonds. The number of methoxy groups -OCH3 is 3. The van der Waals surface area contributed by atoms with Crippen molar-refractivity contribution in [1.82, 2.24) is 19.9 Å². The molecule has 0 saturated heterocycles. The largest absolute Gasteiger partial charge is 0.493 e. The lowest BCUT2D eigenvalue weighted by Gasteiger charge is -2.14. The van der Waals surface area contributed by atoms with Crippen LogP contribution in [0.15, 0.2) is 54.9 Å². The summed E-state index contributed by atoms with van der Waals surface area (Å²) in [6.45, 7) is 3.80. The van der Waals surface area contributed by atoms with Gasteiger partial charge in [-0.2, -0.15) is 4.98 Å². The van der Waals surface area contributed by atoms with Gasteiger partial charge < -0.3 is 34.1 Å². The molecule has 37 heavy (non-hydrogen) atoms. The Morgan fingerprint density at radius 3 is 2.51 bits per heavy atom. The molecule has 0 aliphatic carbocycles. The minimum Gasteiger partial charge on any atom is -0.493 e. The van der Waals surface area contributed by atoms with Crippen molar-refractivity contribution in [3.63, 3.8) is 0 Å². The summed E-state index contributed by atoms with van der Waals surface area (Å²) in [5, 5.41) is 7.01. The van der Waals surface area contributed by atoms with Crippen molar-refractivity contribution >= 4 is 28.6 Å². The number of aromatic nitrogens is 3. The van der Waals surface area contributed by atoms with Gasteiger partial charge in [-0.25, -0.2) is 4.98 Å². The average Bonchev–Trinajstić information content (AvgIpc) is 3.35. The van der Waals surface area contributed by atoms with E-state index in [-0.39, 0.29) is 5.91 Å². The van der Waals surface area contributed by atoms with Gasteiger partial charge in [0.15, 0.2) is 11.5 Å². The predicted molar refractivity (Wildman–Crippen MR) is 142 cm³/mol. The molecule has 0 fully saturated rings. The molecule has 2 heterocycles. The van der Waals surface area contributed by atoms with Crippen LogP contribution >= 0.6 is 0 Å². The van der Waals surface area contributed by atoms with E-state index in [2.05, 4.69) is 15.6 Å². The number of anilines is 2. The summed E-state index contributed by atoms with van der Waals surface area (Å²) in [6, 6.07) is 12.9. The molecular formula is C27H31N5O5. The molecule has 0 spiro atoms. The van der Waals surface area contributed by atoms with E-state index in [0.717, 1.165) is 17.5 Å². The number of hydrogen-bond donors (Lipinski definition) is 2. The number of amides is 1. The first-order chi connectivity index (χ1) is 18.1. The van der Waals surface area contributed by atoms with Crippen molar-refractivity contribution < 1.29 is 23.7 Å². The van der Waals surface area contributed by atoms with E-state index in [1.54, 1.807) is 45.7 Å². The van der Waals surface area contributed by atoms with Crippen molar-refractivity contribution in [3.05, 3.63) is 60.4 Å². The molecule has 0 unspecified atom stereocenters. The number of nitrogens with one attached hydrogen (secondary N) is 2. The minimum atomic E-state index is -0.130. The summed E-state index contributed by atoms with van der Waals surface area (Å²) < 4.78 is 23.5. The molecular weight excluding hydrogens is 474 g/mol. The number of carbonyl (C=O) groups excluding carboxylic acids is 1. The SMILES string of the molecule is CCOCCCNC(=O)c1cccc(-n2ccc3cnc(Nc4cc(OC)c(OC)c(OC)c4)nc32)c1. The molecule has 2 aromatic heterocycles. The molecule has 0 atom stereocenters. The number of nitrogens with zero attached hydrogens (tertiary/aromatic N) is 3. The Kier molecular flexibility index (Phi) is 8.42. The van der Waals surface area contributed by atoms with Gasteiger partial charge in [0.05, 0.1) is 21.3 Å². The van der Waals surface area contributed by atoms with E-state index in [1.165, 1.54) is 0 Å². The van der Waals surface area contributed by atoms with Crippen LogP contribution in [-0.4, -0.2) is 61.5 Å². The normalized spacial score (nSPS) is 10.8. The Bertz CT molecular complexity index is 1350. The van der Waals surface area contributed by atoms with E-state index >= 15 is 0 Å². The quantitative estimate of drug-likeness (QED) is 0.274. The highest BCUT2D eigenvalue weighted by Gasteiger charge is 2.15. The minimum absolute atomic E-state index is 0.130. The monoisotopic (exact) mass is 505 g/mol. The van der Waals surface area contributed by atoms with E-state index in [4.69, 9.17) is 23.9 Å². The van der Waals surface area contributed by atoms with Crippen molar-refractivity contribution in [3.8, 4) is 22.9 Å². The highest BCUT2D eigenvalue weighted by atomic mass is 16.5. The van der Waals surface area contributed by atoms with Crippen LogP contribution in [0, 0.1) is 0 Å². The molecule has 0 saturated carbocycles. The number of carbonyl (C=O) groups is 1. The van der Waals surface area contributed by atoms with Crippen LogP contribution in [0.3, 0.4) is 0 Å². The summed E-state index contributed by atoms with van der Waals surface area (Å²) in [5.74, 6) is 1.79. The van der Waals surface area contributed by atoms with Crippen molar-refractivity contribution in [2.24, 2.45) is 0 Å². The van der Waals surface area contributed by atoms with Gasteiger partial charge in [-0.05, 0) is 37.6 Å². The maximum absolute atomic E-state index is 12.6. The Labute approximate surface area is 215 Å². The zero-order valence-electron chi connectivity index (χ0n) is 21.4. The van der Waals surface area contributed by atoms with Gasteiger partial charge in [-0.3, -0.25) is 4.79 Å². The van der Waals surface area contributed by atoms with Gasteiger partial charge in [0, 0.05) is 66.6 Å². The molecule has 4 rings (SSSR count). The number of hydrogen-bond acceptors (Lipinski definition) is 8. The smallest absolute Gasteiger partial charge is 0.251 e. The Morgan fingerprint density at radius 2 is 1.81 bits per heavy atom. The standard InChI is InChI=1S/C27H31N5O5/c1-5-37-13-7-11-28-26(33)18-8-6-9-21(14-18)32-12-10-19-17-29-27(31-25(19)32)30-20-15-22(34-2)24(36-4)23(16-20)35-3/h6,8-10,12,14-17H,5,7,11,13H2,1-4H3,(H,28,33)(H,29,30,31). The highest BCUT2D eigenvalue weighted by Crippen LogP contribution is 2.40. The van der Waals surface area contributed by atoms with Crippen LogP contribution < -0.4 is 24.8 Å². The number of ether oxygens (including phenoxy) is 4. The maximum atomic E-state index is 12.6. The lowest BCUT2D eigenvalue weighted by molar-refractivity contribution is 0.0944. The first-order valence-electron chi connectivity index (χ1n) is 12.0. The van der Waals surface area contributed by atoms with Crippen LogP contribution in [0.2, 0.25) is 0 Å². The van der Waals surface area contributed by atoms with Crippen LogP contribution in [0.1, 0.15) is 23.7 Å². The first-order valence-corrected chi connectivity index (χ1v) is 12.0. The van der Waals surface area contributed by atoms with Crippen LogP contribution in [0.5, 0.6) is 17.2 Å². The van der Waals surface area contributed by atoms with Crippen molar-refractivity contribution in [2.45, 2.75) is 13.3 Å². The van der Waals surface area contributed by atoms with Crippen LogP contribution in [0.25, 0.3) is 16.7 Å². The van der Waals surface area contributed by atoms with Crippen LogP contribution in [0.4, 0.5) is 11.6 Å². The maximum Gasteiger partial charge on any atom is 0.251 e. The summed E-state index contributed by atoms with van der Waals surface area (Å²) in [5.41, 5.74) is 2.75. The van der Waals surface area contributed by atoms with E-state index in [0.29, 0.717) is 59.9 Å². The summed E-state index contributed by atoms with van der Waals surface area (Å²) in [6.07, 6.45) is 4.41. The number of fused-ring (bicyclic) bond motifs is 1. The molecule has 0 aliphatic rings. The molecule has 0 aliphatic heterocycles. The van der Waals surface area contributed by atoms with Gasteiger partial charge in [-0.1, -0.05) is 6.07 Å². The van der Waals surface area contributed by atoms with Gasteiger partial charge >= 0.3 is 0 Å². The summed E-state index contributed by atoms with van der Waals surface area (Å²) in [4.78, 5) is 21.8. The third-order valence-corrected chi connectivity index (χ3v) is 5.69. The highest BCUT2D eigenvalue weighted by molar-refractivity contribution is 5.95. The fourth-order valence-corrected chi connectivity index (χ4v) is 3.89. The zero-order valence-corrected chi connectivity index (χ0v) is 21.4. The zero-order chi connectivity index (χ0) is 26.2. The van der Waals surface area contributed by atoms with Crippen molar-refractivity contribution in [2.75, 3.05) is 46.4 Å². The molecule has 0 bridgehead atoms. The Balaban J connectivity index is 1.57. The fourth-order valence-electron chi connectivity index (χ4n) is 3.89. The second-order valence-electron chi connectivity index (χ2n) is 8.05. The Hall–Kier alpha value is -4.31. The second-order valence-corrected chi connectivity index (χ2v) is 8.05. The van der Waals surface area contributed by atoms with Gasteiger partial charge in [0.25, 0.3) is 5.91 Å². The lowest BCUT2D eigenvalue weighted by Crippen LogP contribution is -2.25. The van der Waals surface area contributed by atoms with Gasteiger partial charge in [0.1, 0.15) is 5.65 Å². The molecule has 0 radical (unpaired) electrons. The van der Waals surface area contributed by atoms with E-state index in [1.807, 2.05) is 42.0 Å². The summed E-state index contributed by atoms with van der Waals surface area (Å²) >= 11 is 0. The lowest BCUT2D eigenvalue weighted by atomic mass is 10.2. The van der Waals surface area contributed by atoms with Crippen LogP contribution in [-0.2, 0) is 4.74 Å². The molecule has 2 N–H and O–H groups in total. The Morgan fingerprint density at radius 1 is 1.03 bits per heavy atom. The fraction of sp³-hybridized carbons (Fsp3) is 0.296. The molecule has 194 valence electrons.